The lowest BCUT2D eigenvalue weighted by Gasteiger charge is -2.05. The molecule has 3 aromatic rings. The van der Waals surface area contributed by atoms with Gasteiger partial charge in [0.1, 0.15) is 6.33 Å². The molecular weight excluding hydrogens is 244 g/mol. The van der Waals surface area contributed by atoms with Crippen LogP contribution in [0.25, 0.3) is 17.3 Å². The Bertz CT molecular complexity index is 660. The van der Waals surface area contributed by atoms with Gasteiger partial charge in [-0.05, 0) is 19.1 Å². The topological polar surface area (TPSA) is 81.5 Å². The van der Waals surface area contributed by atoms with E-state index in [1.165, 1.54) is 0 Å². The Labute approximate surface area is 109 Å². The molecule has 0 radical (unpaired) electrons. The predicted octanol–water partition coefficient (Wildman–Crippen LogP) is 1.45. The number of ether oxygens (including phenoxy) is 1. The number of rotatable bonds is 4. The first kappa shape index (κ1) is 11.4. The summed E-state index contributed by atoms with van der Waals surface area (Å²) in [7, 11) is 0. The molecule has 0 bridgehead atoms. The largest absolute Gasteiger partial charge is 0.477 e. The molecular formula is C12H12N6O. The zero-order valence-electron chi connectivity index (χ0n) is 10.3. The molecule has 0 saturated heterocycles. The molecule has 0 aliphatic carbocycles. The summed E-state index contributed by atoms with van der Waals surface area (Å²) in [5.74, 6) is 1.68. The Hall–Kier alpha value is -2.70. The average Bonchev–Trinajstić information content (AvgIpc) is 3.11. The molecule has 1 N–H and O–H groups in total. The van der Waals surface area contributed by atoms with E-state index in [1.54, 1.807) is 29.5 Å². The maximum absolute atomic E-state index is 5.47. The summed E-state index contributed by atoms with van der Waals surface area (Å²) in [5, 5.41) is 7.02. The number of pyridine rings is 1. The predicted molar refractivity (Wildman–Crippen MR) is 67.9 cm³/mol. The highest BCUT2D eigenvalue weighted by molar-refractivity contribution is 5.61. The van der Waals surface area contributed by atoms with Crippen molar-refractivity contribution in [1.29, 1.82) is 0 Å². The van der Waals surface area contributed by atoms with Crippen LogP contribution in [-0.4, -0.2) is 36.3 Å². The Morgan fingerprint density at radius 3 is 3.11 bits per heavy atom. The second-order valence-electron chi connectivity index (χ2n) is 3.74. The third kappa shape index (κ3) is 2.17. The van der Waals surface area contributed by atoms with E-state index in [9.17, 15) is 0 Å². The van der Waals surface area contributed by atoms with Gasteiger partial charge in [0, 0.05) is 18.6 Å². The van der Waals surface area contributed by atoms with Crippen LogP contribution in [0.4, 0.5) is 0 Å². The fourth-order valence-corrected chi connectivity index (χ4v) is 1.69. The van der Waals surface area contributed by atoms with Crippen LogP contribution in [0.5, 0.6) is 5.88 Å². The highest BCUT2D eigenvalue weighted by Crippen LogP contribution is 2.24. The molecule has 0 aromatic carbocycles. The molecule has 96 valence electrons. The number of imidazole rings is 1. The highest BCUT2D eigenvalue weighted by atomic mass is 16.5. The van der Waals surface area contributed by atoms with E-state index in [-0.39, 0.29) is 0 Å². The summed E-state index contributed by atoms with van der Waals surface area (Å²) in [6, 6.07) is 3.72. The molecule has 0 aliphatic heterocycles. The van der Waals surface area contributed by atoms with Crippen molar-refractivity contribution in [3.63, 3.8) is 0 Å². The number of H-pyrrole nitrogens is 1. The van der Waals surface area contributed by atoms with E-state index in [0.29, 0.717) is 24.3 Å². The van der Waals surface area contributed by atoms with E-state index in [0.717, 1.165) is 5.56 Å². The van der Waals surface area contributed by atoms with Gasteiger partial charge in [-0.3, -0.25) is 9.67 Å². The minimum absolute atomic E-state index is 0.527. The molecule has 0 fully saturated rings. The smallest absolute Gasteiger partial charge is 0.254 e. The summed E-state index contributed by atoms with van der Waals surface area (Å²) in [6.45, 7) is 2.46. The third-order valence-electron chi connectivity index (χ3n) is 2.52. The van der Waals surface area contributed by atoms with Gasteiger partial charge in [0.05, 0.1) is 12.2 Å². The number of aromatic amines is 1. The lowest BCUT2D eigenvalue weighted by molar-refractivity contribution is 0.328. The van der Waals surface area contributed by atoms with Crippen LogP contribution < -0.4 is 4.74 Å². The molecule has 0 unspecified atom stereocenters. The van der Waals surface area contributed by atoms with Gasteiger partial charge < -0.3 is 4.74 Å². The Kier molecular flexibility index (Phi) is 2.93. The molecule has 7 nitrogen and oxygen atoms in total. The van der Waals surface area contributed by atoms with Gasteiger partial charge in [-0.25, -0.2) is 9.97 Å². The Morgan fingerprint density at radius 1 is 1.37 bits per heavy atom. The van der Waals surface area contributed by atoms with Crippen LogP contribution in [0, 0.1) is 0 Å². The molecule has 0 saturated carbocycles. The van der Waals surface area contributed by atoms with Gasteiger partial charge in [0.25, 0.3) is 5.95 Å². The molecule has 0 aliphatic rings. The van der Waals surface area contributed by atoms with Crippen molar-refractivity contribution in [3.8, 4) is 23.2 Å². The first-order chi connectivity index (χ1) is 9.38. The molecule has 3 rings (SSSR count). The third-order valence-corrected chi connectivity index (χ3v) is 2.52. The van der Waals surface area contributed by atoms with E-state index >= 15 is 0 Å². The number of aromatic nitrogens is 6. The van der Waals surface area contributed by atoms with Crippen molar-refractivity contribution >= 4 is 0 Å². The number of nitrogens with zero attached hydrogens (tertiary/aromatic N) is 5. The van der Waals surface area contributed by atoms with Crippen LogP contribution in [-0.2, 0) is 0 Å². The maximum Gasteiger partial charge on any atom is 0.254 e. The molecule has 0 spiro atoms. The summed E-state index contributed by atoms with van der Waals surface area (Å²) >= 11 is 0. The van der Waals surface area contributed by atoms with Gasteiger partial charge in [-0.1, -0.05) is 0 Å². The van der Waals surface area contributed by atoms with Crippen LogP contribution in [0.1, 0.15) is 6.92 Å². The highest BCUT2D eigenvalue weighted by Gasteiger charge is 2.12. The van der Waals surface area contributed by atoms with Gasteiger partial charge in [-0.2, -0.15) is 4.98 Å². The zero-order chi connectivity index (χ0) is 13.1. The second-order valence-corrected chi connectivity index (χ2v) is 3.74. The van der Waals surface area contributed by atoms with Crippen LogP contribution in [0.15, 0.2) is 37.1 Å². The average molecular weight is 256 g/mol. The van der Waals surface area contributed by atoms with Crippen molar-refractivity contribution in [3.05, 3.63) is 37.1 Å². The van der Waals surface area contributed by atoms with Crippen molar-refractivity contribution in [2.45, 2.75) is 6.92 Å². The van der Waals surface area contributed by atoms with Gasteiger partial charge in [0.15, 0.2) is 5.82 Å². The zero-order valence-corrected chi connectivity index (χ0v) is 10.3. The monoisotopic (exact) mass is 256 g/mol. The second kappa shape index (κ2) is 4.89. The molecule has 0 atom stereocenters. The molecule has 3 aromatic heterocycles. The number of hydrogen-bond donors (Lipinski definition) is 1. The summed E-state index contributed by atoms with van der Waals surface area (Å²) < 4.78 is 7.19. The maximum atomic E-state index is 5.47. The lowest BCUT2D eigenvalue weighted by atomic mass is 10.2. The van der Waals surface area contributed by atoms with Crippen LogP contribution in [0.3, 0.4) is 0 Å². The van der Waals surface area contributed by atoms with Crippen LogP contribution >= 0.6 is 0 Å². The van der Waals surface area contributed by atoms with Crippen LogP contribution in [0.2, 0.25) is 0 Å². The minimum Gasteiger partial charge on any atom is -0.477 e. The van der Waals surface area contributed by atoms with E-state index in [1.807, 2.05) is 19.1 Å². The first-order valence-corrected chi connectivity index (χ1v) is 5.87. The van der Waals surface area contributed by atoms with Crippen molar-refractivity contribution < 1.29 is 4.74 Å². The molecule has 7 heteroatoms. The Balaban J connectivity index is 1.99. The molecule has 0 amide bonds. The van der Waals surface area contributed by atoms with Crippen molar-refractivity contribution in [2.24, 2.45) is 0 Å². The van der Waals surface area contributed by atoms with Gasteiger partial charge in [0.2, 0.25) is 5.88 Å². The van der Waals surface area contributed by atoms with E-state index in [2.05, 4.69) is 25.1 Å². The Morgan fingerprint density at radius 2 is 2.32 bits per heavy atom. The summed E-state index contributed by atoms with van der Waals surface area (Å²) in [6.07, 6.45) is 6.77. The number of hydrogen-bond acceptors (Lipinski definition) is 5. The molecule has 3 heterocycles. The fourth-order valence-electron chi connectivity index (χ4n) is 1.69. The molecule has 19 heavy (non-hydrogen) atoms. The quantitative estimate of drug-likeness (QED) is 0.764. The summed E-state index contributed by atoms with van der Waals surface area (Å²) in [5.41, 5.74) is 0.781. The SMILES string of the molecule is CCOc1ncccc1-c1nc(-n2ccnc2)n[nH]1. The first-order valence-electron chi connectivity index (χ1n) is 5.87. The fraction of sp³-hybridized carbons (Fsp3) is 0.167. The normalized spacial score (nSPS) is 10.6. The number of nitrogens with one attached hydrogen (secondary N) is 1. The van der Waals surface area contributed by atoms with Gasteiger partial charge in [-0.15, -0.1) is 5.10 Å². The van der Waals surface area contributed by atoms with E-state index < -0.39 is 0 Å². The summed E-state index contributed by atoms with van der Waals surface area (Å²) in [4.78, 5) is 12.5. The van der Waals surface area contributed by atoms with Crippen molar-refractivity contribution in [1.82, 2.24) is 29.7 Å². The van der Waals surface area contributed by atoms with Gasteiger partial charge >= 0.3 is 0 Å². The minimum atomic E-state index is 0.527. The lowest BCUT2D eigenvalue weighted by Crippen LogP contribution is -1.97. The van der Waals surface area contributed by atoms with E-state index in [4.69, 9.17) is 4.74 Å². The van der Waals surface area contributed by atoms with Crippen molar-refractivity contribution in [2.75, 3.05) is 6.61 Å². The standard InChI is InChI=1S/C12H12N6O/c1-2-19-11-9(4-3-5-14-11)10-15-12(17-16-10)18-7-6-13-8-18/h3-8H,2H2,1H3,(H,15,16,17).